The topological polar surface area (TPSA) is 74.5 Å². The fourth-order valence-electron chi connectivity index (χ4n) is 2.51. The molecule has 1 aromatic carbocycles. The highest BCUT2D eigenvalue weighted by Crippen LogP contribution is 2.32. The van der Waals surface area contributed by atoms with Gasteiger partial charge in [-0.3, -0.25) is 4.68 Å². The molecule has 0 aliphatic heterocycles. The summed E-state index contributed by atoms with van der Waals surface area (Å²) in [6.45, 7) is 3.60. The molecule has 11 heteroatoms. The second-order valence-electron chi connectivity index (χ2n) is 6.52. The van der Waals surface area contributed by atoms with Crippen LogP contribution in [-0.4, -0.2) is 33.9 Å². The van der Waals surface area contributed by atoms with Crippen LogP contribution < -0.4 is 10.6 Å². The Labute approximate surface area is 183 Å². The van der Waals surface area contributed by atoms with E-state index in [9.17, 15) is 22.7 Å². The lowest BCUT2D eigenvalue weighted by Crippen LogP contribution is -2.44. The summed E-state index contributed by atoms with van der Waals surface area (Å²) in [5.41, 5.74) is -1.90. The van der Waals surface area contributed by atoms with Crippen LogP contribution in [0.3, 0.4) is 0 Å². The molecule has 0 aliphatic carbocycles. The van der Waals surface area contributed by atoms with Crippen molar-refractivity contribution in [2.45, 2.75) is 32.2 Å². The third-order valence-corrected chi connectivity index (χ3v) is 4.06. The van der Waals surface area contributed by atoms with Crippen molar-refractivity contribution < 1.29 is 22.7 Å². The summed E-state index contributed by atoms with van der Waals surface area (Å²) < 4.78 is 54.1. The summed E-state index contributed by atoms with van der Waals surface area (Å²) in [6.07, 6.45) is -1.48. The first-order valence-corrected chi connectivity index (χ1v) is 8.62. The zero-order valence-corrected chi connectivity index (χ0v) is 18.5. The predicted octanol–water partition coefficient (Wildman–Crippen LogP) is 3.16. The van der Waals surface area contributed by atoms with E-state index < -0.39 is 23.2 Å². The van der Waals surface area contributed by atoms with E-state index in [0.717, 1.165) is 12.1 Å². The third-order valence-electron chi connectivity index (χ3n) is 4.06. The number of alkyl halides is 3. The Balaban J connectivity index is 0.00000420. The number of rotatable bonds is 6. The summed E-state index contributed by atoms with van der Waals surface area (Å²) in [4.78, 5) is 4.13. The summed E-state index contributed by atoms with van der Waals surface area (Å²) in [5, 5.41) is 20.4. The number of aliphatic imine (C=N–C) groups is 1. The Hall–Kier alpha value is -1.89. The first kappa shape index (κ1) is 25.1. The standard InChI is InChI=1S/C18H23F4N5O.HI/c1-4-23-16(25-11-17(2,28)13-9-26-27(3)10-13)24-8-12-5-6-14(19)7-15(12)18(20,21)22;/h5-7,9-10,28H,4,8,11H2,1-3H3,(H2,23,24,25);1H. The van der Waals surface area contributed by atoms with Gasteiger partial charge in [0.1, 0.15) is 11.4 Å². The summed E-state index contributed by atoms with van der Waals surface area (Å²) in [7, 11) is 1.72. The summed E-state index contributed by atoms with van der Waals surface area (Å²) in [5.74, 6) is -0.735. The van der Waals surface area contributed by atoms with Crippen LogP contribution in [0.2, 0.25) is 0 Å². The highest BCUT2D eigenvalue weighted by atomic mass is 127. The van der Waals surface area contributed by atoms with Gasteiger partial charge in [0, 0.05) is 25.4 Å². The number of aliphatic hydroxyl groups is 1. The van der Waals surface area contributed by atoms with Crippen LogP contribution in [0, 0.1) is 5.82 Å². The van der Waals surface area contributed by atoms with Gasteiger partial charge in [0.2, 0.25) is 0 Å². The van der Waals surface area contributed by atoms with Crippen molar-refractivity contribution in [2.75, 3.05) is 13.1 Å². The van der Waals surface area contributed by atoms with E-state index in [1.165, 1.54) is 6.20 Å². The highest BCUT2D eigenvalue weighted by molar-refractivity contribution is 14.0. The van der Waals surface area contributed by atoms with Gasteiger partial charge in [-0.05, 0) is 31.5 Å². The molecule has 1 unspecified atom stereocenters. The van der Waals surface area contributed by atoms with E-state index in [1.807, 2.05) is 0 Å². The number of benzene rings is 1. The van der Waals surface area contributed by atoms with Crippen LogP contribution in [-0.2, 0) is 25.4 Å². The molecule has 3 N–H and O–H groups in total. The number of hydrogen-bond acceptors (Lipinski definition) is 3. The van der Waals surface area contributed by atoms with E-state index >= 15 is 0 Å². The van der Waals surface area contributed by atoms with Gasteiger partial charge in [0.05, 0.1) is 24.8 Å². The second-order valence-corrected chi connectivity index (χ2v) is 6.52. The number of nitrogens with zero attached hydrogens (tertiary/aromatic N) is 3. The lowest BCUT2D eigenvalue weighted by Gasteiger charge is -2.23. The van der Waals surface area contributed by atoms with E-state index in [-0.39, 0.29) is 48.6 Å². The van der Waals surface area contributed by atoms with Gasteiger partial charge >= 0.3 is 6.18 Å². The quantitative estimate of drug-likeness (QED) is 0.233. The average Bonchev–Trinajstić information content (AvgIpc) is 3.05. The maximum absolute atomic E-state index is 13.2. The Morgan fingerprint density at radius 2 is 1.97 bits per heavy atom. The van der Waals surface area contributed by atoms with Crippen molar-refractivity contribution in [2.24, 2.45) is 12.0 Å². The van der Waals surface area contributed by atoms with Crippen molar-refractivity contribution in [3.8, 4) is 0 Å². The molecule has 0 bridgehead atoms. The molecule has 0 radical (unpaired) electrons. The van der Waals surface area contributed by atoms with Gasteiger partial charge in [-0.15, -0.1) is 24.0 Å². The first-order chi connectivity index (χ1) is 13.0. The minimum absolute atomic E-state index is 0. The van der Waals surface area contributed by atoms with Crippen LogP contribution in [0.15, 0.2) is 35.6 Å². The Bertz CT molecular complexity index is 836. The van der Waals surface area contributed by atoms with Crippen LogP contribution in [0.4, 0.5) is 17.6 Å². The smallest absolute Gasteiger partial charge is 0.383 e. The number of aryl methyl sites for hydroxylation is 1. The molecule has 1 heterocycles. The van der Waals surface area contributed by atoms with Gasteiger partial charge in [-0.25, -0.2) is 9.38 Å². The van der Waals surface area contributed by atoms with Crippen molar-refractivity contribution in [1.82, 2.24) is 20.4 Å². The van der Waals surface area contributed by atoms with Gasteiger partial charge in [-0.2, -0.15) is 18.3 Å². The zero-order valence-electron chi connectivity index (χ0n) is 16.2. The van der Waals surface area contributed by atoms with E-state index in [4.69, 9.17) is 0 Å². The number of aromatic nitrogens is 2. The number of hydrogen-bond donors (Lipinski definition) is 3. The van der Waals surface area contributed by atoms with Crippen LogP contribution in [0.5, 0.6) is 0 Å². The first-order valence-electron chi connectivity index (χ1n) is 8.62. The molecule has 0 saturated heterocycles. The van der Waals surface area contributed by atoms with Gasteiger partial charge in [0.15, 0.2) is 5.96 Å². The Morgan fingerprint density at radius 3 is 2.52 bits per heavy atom. The molecule has 0 saturated carbocycles. The monoisotopic (exact) mass is 529 g/mol. The molecule has 1 aromatic heterocycles. The molecule has 1 atom stereocenters. The summed E-state index contributed by atoms with van der Waals surface area (Å²) >= 11 is 0. The molecule has 2 aromatic rings. The van der Waals surface area contributed by atoms with Crippen LogP contribution in [0.25, 0.3) is 0 Å². The fraction of sp³-hybridized carbons (Fsp3) is 0.444. The average molecular weight is 529 g/mol. The van der Waals surface area contributed by atoms with Gasteiger partial charge in [0.25, 0.3) is 0 Å². The largest absolute Gasteiger partial charge is 0.416 e. The zero-order chi connectivity index (χ0) is 20.9. The Kier molecular flexibility index (Phi) is 8.87. The van der Waals surface area contributed by atoms with E-state index in [0.29, 0.717) is 18.2 Å². The molecule has 162 valence electrons. The molecule has 2 rings (SSSR count). The van der Waals surface area contributed by atoms with Gasteiger partial charge in [-0.1, -0.05) is 6.07 Å². The molecular weight excluding hydrogens is 505 g/mol. The third kappa shape index (κ3) is 7.14. The molecule has 0 spiro atoms. The minimum atomic E-state index is -4.68. The minimum Gasteiger partial charge on any atom is -0.383 e. The van der Waals surface area contributed by atoms with E-state index in [1.54, 1.807) is 31.8 Å². The molecule has 0 amide bonds. The fourth-order valence-corrected chi connectivity index (χ4v) is 2.51. The number of halogens is 5. The van der Waals surface area contributed by atoms with Crippen molar-refractivity contribution in [3.63, 3.8) is 0 Å². The van der Waals surface area contributed by atoms with Gasteiger partial charge < -0.3 is 15.7 Å². The summed E-state index contributed by atoms with van der Waals surface area (Å²) in [6, 6.07) is 2.49. The molecular formula is C18H24F4IN5O. The lowest BCUT2D eigenvalue weighted by atomic mass is 10.00. The molecule has 6 nitrogen and oxygen atoms in total. The second kappa shape index (κ2) is 10.2. The predicted molar refractivity (Wildman–Crippen MR) is 112 cm³/mol. The van der Waals surface area contributed by atoms with Crippen LogP contribution in [0.1, 0.15) is 30.5 Å². The molecule has 0 fully saturated rings. The molecule has 29 heavy (non-hydrogen) atoms. The molecule has 0 aliphatic rings. The number of nitrogens with one attached hydrogen (secondary N) is 2. The maximum atomic E-state index is 13.2. The number of guanidine groups is 1. The van der Waals surface area contributed by atoms with E-state index in [2.05, 4.69) is 20.7 Å². The SMILES string of the molecule is CCNC(=NCc1ccc(F)cc1C(F)(F)F)NCC(C)(O)c1cnn(C)c1.I. The van der Waals surface area contributed by atoms with Crippen molar-refractivity contribution in [3.05, 3.63) is 53.1 Å². The van der Waals surface area contributed by atoms with Crippen molar-refractivity contribution >= 4 is 29.9 Å². The highest BCUT2D eigenvalue weighted by Gasteiger charge is 2.33. The normalized spacial score (nSPS) is 14.1. The Morgan fingerprint density at radius 1 is 1.28 bits per heavy atom. The maximum Gasteiger partial charge on any atom is 0.416 e. The lowest BCUT2D eigenvalue weighted by molar-refractivity contribution is -0.138. The van der Waals surface area contributed by atoms with Crippen molar-refractivity contribution in [1.29, 1.82) is 0 Å². The van der Waals surface area contributed by atoms with Crippen LogP contribution >= 0.6 is 24.0 Å².